The molecule has 4 nitrogen and oxygen atoms in total. The van der Waals surface area contributed by atoms with Crippen molar-refractivity contribution in [3.8, 4) is 0 Å². The number of hydrogen-bond acceptors (Lipinski definition) is 4. The van der Waals surface area contributed by atoms with Crippen LogP contribution in [0.15, 0.2) is 10.2 Å². The molecule has 0 bridgehead atoms. The Morgan fingerprint density at radius 3 is 2.08 bits per heavy atom. The smallest absolute Gasteiger partial charge is 0.286 e. The van der Waals surface area contributed by atoms with Gasteiger partial charge in [0.05, 0.1) is 0 Å². The van der Waals surface area contributed by atoms with Gasteiger partial charge in [0, 0.05) is 14.0 Å². The predicted octanol–water partition coefficient (Wildman–Crippen LogP) is 2.31. The maximum absolute atomic E-state index is 5.63. The Morgan fingerprint density at radius 1 is 1.25 bits per heavy atom. The number of methoxy groups -OCH3 is 1. The van der Waals surface area contributed by atoms with Crippen molar-refractivity contribution in [2.24, 2.45) is 10.2 Å². The Balaban J connectivity index is 2.73. The molecule has 0 spiro atoms. The quantitative estimate of drug-likeness (QED) is 0.655. The summed E-state index contributed by atoms with van der Waals surface area (Å²) >= 11 is 0. The summed E-state index contributed by atoms with van der Waals surface area (Å²) in [5.74, 6) is -0.869. The van der Waals surface area contributed by atoms with E-state index in [-0.39, 0.29) is 0 Å². The zero-order valence-corrected chi connectivity index (χ0v) is 8.13. The number of nitrogens with zero attached hydrogens (tertiary/aromatic N) is 2. The Bertz CT molecular complexity index is 189. The monoisotopic (exact) mass is 172 g/mol. The normalized spacial score (nSPS) is 32.7. The fraction of sp³-hybridized carbons (Fsp3) is 1.00. The van der Waals surface area contributed by atoms with Crippen LogP contribution in [0.2, 0.25) is 0 Å². The maximum atomic E-state index is 5.63. The van der Waals surface area contributed by atoms with Gasteiger partial charge in [0.1, 0.15) is 0 Å². The zero-order valence-electron chi connectivity index (χ0n) is 8.13. The molecule has 1 rings (SSSR count). The average molecular weight is 172 g/mol. The van der Waals surface area contributed by atoms with Crippen molar-refractivity contribution in [1.29, 1.82) is 0 Å². The maximum Gasteiger partial charge on any atom is 0.286 e. The lowest BCUT2D eigenvalue weighted by Crippen LogP contribution is -2.35. The lowest BCUT2D eigenvalue weighted by Gasteiger charge is -2.26. The second-order valence-corrected chi connectivity index (χ2v) is 3.06. The third-order valence-corrected chi connectivity index (χ3v) is 2.28. The van der Waals surface area contributed by atoms with Gasteiger partial charge in [-0.1, -0.05) is 13.8 Å². The van der Waals surface area contributed by atoms with Gasteiger partial charge in [-0.05, 0) is 12.8 Å². The standard InChI is InChI=1S/C8H16N2O2/c1-5-8(6-2)10-9-7(3,11-4)12-8/h5-6H2,1-4H3. The molecule has 1 heterocycles. The minimum absolute atomic E-state index is 0.454. The van der Waals surface area contributed by atoms with Gasteiger partial charge in [0.2, 0.25) is 0 Å². The van der Waals surface area contributed by atoms with E-state index in [0.29, 0.717) is 0 Å². The highest BCUT2D eigenvalue weighted by Gasteiger charge is 2.43. The average Bonchev–Trinajstić information content (AvgIpc) is 2.46. The molecular weight excluding hydrogens is 156 g/mol. The van der Waals surface area contributed by atoms with E-state index in [2.05, 4.69) is 10.2 Å². The molecule has 0 saturated carbocycles. The first kappa shape index (κ1) is 9.61. The fourth-order valence-electron chi connectivity index (χ4n) is 1.19. The molecule has 0 radical (unpaired) electrons. The second kappa shape index (κ2) is 3.11. The van der Waals surface area contributed by atoms with Gasteiger partial charge in [-0.2, -0.15) is 5.11 Å². The first-order valence-corrected chi connectivity index (χ1v) is 4.29. The molecular formula is C8H16N2O2. The van der Waals surface area contributed by atoms with Crippen LogP contribution in [0, 0.1) is 0 Å². The fourth-order valence-corrected chi connectivity index (χ4v) is 1.19. The van der Waals surface area contributed by atoms with E-state index < -0.39 is 11.6 Å². The number of azo groups is 1. The van der Waals surface area contributed by atoms with Crippen LogP contribution in [-0.2, 0) is 9.47 Å². The Labute approximate surface area is 73.0 Å². The predicted molar refractivity (Wildman–Crippen MR) is 44.7 cm³/mol. The molecule has 0 amide bonds. The zero-order chi connectivity index (χ0) is 9.24. The molecule has 4 heteroatoms. The molecule has 70 valence electrons. The van der Waals surface area contributed by atoms with Crippen LogP contribution in [0.25, 0.3) is 0 Å². The van der Waals surface area contributed by atoms with Crippen molar-refractivity contribution >= 4 is 0 Å². The van der Waals surface area contributed by atoms with Crippen molar-refractivity contribution in [3.05, 3.63) is 0 Å². The van der Waals surface area contributed by atoms with E-state index in [0.717, 1.165) is 12.8 Å². The van der Waals surface area contributed by atoms with E-state index >= 15 is 0 Å². The SMILES string of the molecule is CCC1(CC)N=NC(C)(OC)O1. The van der Waals surface area contributed by atoms with Crippen LogP contribution in [0.3, 0.4) is 0 Å². The summed E-state index contributed by atoms with van der Waals surface area (Å²) in [6, 6.07) is 0. The minimum Gasteiger partial charge on any atom is -0.334 e. The van der Waals surface area contributed by atoms with E-state index in [1.807, 2.05) is 13.8 Å². The van der Waals surface area contributed by atoms with Crippen LogP contribution < -0.4 is 0 Å². The molecule has 0 aromatic carbocycles. The van der Waals surface area contributed by atoms with Crippen LogP contribution in [0.1, 0.15) is 33.6 Å². The van der Waals surface area contributed by atoms with Crippen molar-refractivity contribution in [3.63, 3.8) is 0 Å². The van der Waals surface area contributed by atoms with Crippen LogP contribution in [0.4, 0.5) is 0 Å². The van der Waals surface area contributed by atoms with Crippen molar-refractivity contribution in [2.45, 2.75) is 45.2 Å². The van der Waals surface area contributed by atoms with Gasteiger partial charge in [-0.15, -0.1) is 5.11 Å². The molecule has 0 aromatic heterocycles. The van der Waals surface area contributed by atoms with E-state index in [4.69, 9.17) is 9.47 Å². The van der Waals surface area contributed by atoms with Crippen molar-refractivity contribution < 1.29 is 9.47 Å². The molecule has 1 aliphatic rings. The first-order valence-electron chi connectivity index (χ1n) is 4.29. The van der Waals surface area contributed by atoms with E-state index in [9.17, 15) is 0 Å². The van der Waals surface area contributed by atoms with Gasteiger partial charge < -0.3 is 9.47 Å². The third kappa shape index (κ3) is 1.49. The Morgan fingerprint density at radius 2 is 1.83 bits per heavy atom. The minimum atomic E-state index is -0.869. The summed E-state index contributed by atoms with van der Waals surface area (Å²) in [5, 5.41) is 8.07. The molecule has 0 saturated heterocycles. The van der Waals surface area contributed by atoms with Gasteiger partial charge >= 0.3 is 0 Å². The third-order valence-electron chi connectivity index (χ3n) is 2.28. The highest BCUT2D eigenvalue weighted by molar-refractivity contribution is 4.81. The molecule has 0 aromatic rings. The van der Waals surface area contributed by atoms with Crippen LogP contribution >= 0.6 is 0 Å². The molecule has 1 atom stereocenters. The molecule has 0 fully saturated rings. The van der Waals surface area contributed by atoms with Crippen LogP contribution in [0.5, 0.6) is 0 Å². The van der Waals surface area contributed by atoms with E-state index in [1.54, 1.807) is 14.0 Å². The first-order chi connectivity index (χ1) is 5.60. The Kier molecular flexibility index (Phi) is 2.49. The number of rotatable bonds is 3. The highest BCUT2D eigenvalue weighted by atomic mass is 16.7. The van der Waals surface area contributed by atoms with Crippen molar-refractivity contribution in [2.75, 3.05) is 7.11 Å². The summed E-state index contributed by atoms with van der Waals surface area (Å²) in [4.78, 5) is 0. The topological polar surface area (TPSA) is 43.2 Å². The van der Waals surface area contributed by atoms with E-state index in [1.165, 1.54) is 0 Å². The van der Waals surface area contributed by atoms with Crippen molar-refractivity contribution in [1.82, 2.24) is 0 Å². The molecule has 12 heavy (non-hydrogen) atoms. The molecule has 0 aliphatic carbocycles. The molecule has 1 aliphatic heterocycles. The summed E-state index contributed by atoms with van der Waals surface area (Å²) in [5.41, 5.74) is -0.454. The van der Waals surface area contributed by atoms with Gasteiger partial charge in [-0.3, -0.25) is 0 Å². The summed E-state index contributed by atoms with van der Waals surface area (Å²) in [6.07, 6.45) is 1.65. The summed E-state index contributed by atoms with van der Waals surface area (Å²) in [7, 11) is 1.57. The Hall–Kier alpha value is -0.480. The second-order valence-electron chi connectivity index (χ2n) is 3.06. The largest absolute Gasteiger partial charge is 0.334 e. The van der Waals surface area contributed by atoms with Crippen LogP contribution in [-0.4, -0.2) is 18.7 Å². The molecule has 0 N–H and O–H groups in total. The van der Waals surface area contributed by atoms with Gasteiger partial charge in [-0.25, -0.2) is 0 Å². The van der Waals surface area contributed by atoms with Gasteiger partial charge in [0.15, 0.2) is 5.72 Å². The lowest BCUT2D eigenvalue weighted by atomic mass is 10.1. The number of hydrogen-bond donors (Lipinski definition) is 0. The highest BCUT2D eigenvalue weighted by Crippen LogP contribution is 2.36. The summed E-state index contributed by atoms with van der Waals surface area (Å²) < 4.78 is 10.7. The summed E-state index contributed by atoms with van der Waals surface area (Å²) in [6.45, 7) is 5.83. The number of ether oxygens (including phenoxy) is 2. The molecule has 1 unspecified atom stereocenters. The van der Waals surface area contributed by atoms with Gasteiger partial charge in [0.25, 0.3) is 5.91 Å². The lowest BCUT2D eigenvalue weighted by molar-refractivity contribution is -0.237.